The van der Waals surface area contributed by atoms with E-state index in [9.17, 15) is 4.79 Å². The fourth-order valence-corrected chi connectivity index (χ4v) is 1.05. The number of aliphatic hydroxyl groups is 1. The van der Waals surface area contributed by atoms with Gasteiger partial charge in [-0.3, -0.25) is 0 Å². The molecule has 0 radical (unpaired) electrons. The zero-order valence-corrected chi connectivity index (χ0v) is 5.61. The second-order valence-corrected chi connectivity index (χ2v) is 2.27. The lowest BCUT2D eigenvalue weighted by atomic mass is 10.2. The molecule has 5 heteroatoms. The monoisotopic (exact) mass is 184 g/mol. The van der Waals surface area contributed by atoms with Gasteiger partial charge < -0.3 is 14.6 Å². The molecule has 0 saturated heterocycles. The molecule has 1 unspecified atom stereocenters. The van der Waals surface area contributed by atoms with E-state index in [-0.39, 0.29) is 24.0 Å². The van der Waals surface area contributed by atoms with Gasteiger partial charge in [-0.05, 0) is 6.08 Å². The molecule has 0 spiro atoms. The highest BCUT2D eigenvalue weighted by molar-refractivity contribution is 5.88. The second-order valence-electron chi connectivity index (χ2n) is 2.27. The number of fused-ring (bicyclic) bond motifs is 1. The Morgan fingerprint density at radius 2 is 2.33 bits per heavy atom. The van der Waals surface area contributed by atoms with Crippen LogP contribution in [-0.4, -0.2) is 41.3 Å². The van der Waals surface area contributed by atoms with E-state index in [4.69, 9.17) is 14.6 Å². The first-order valence-electron chi connectivity index (χ1n) is 3.21. The van der Waals surface area contributed by atoms with Crippen molar-refractivity contribution in [2.75, 3.05) is 6.61 Å². The molecule has 2 aliphatic heterocycles. The van der Waals surface area contributed by atoms with Crippen molar-refractivity contribution in [3.8, 4) is 0 Å². The summed E-state index contributed by atoms with van der Waals surface area (Å²) in [7, 11) is 0. The smallest absolute Gasteiger partial charge is 0.336 e. The number of esters is 1. The Labute approximate surface area is 79.6 Å². The van der Waals surface area contributed by atoms with Crippen molar-refractivity contribution in [2.24, 2.45) is 0 Å². The summed E-state index contributed by atoms with van der Waals surface area (Å²) < 4.78 is 9.54. The maximum Gasteiger partial charge on any atom is 0.336 e. The molecule has 64 valence electrons. The molecule has 0 fully saturated rings. The molecule has 0 aromatic rings. The highest BCUT2D eigenvalue weighted by atomic mass is 27.0. The minimum Gasteiger partial charge on any atom is -0.423 e. The minimum atomic E-state index is -1.01. The lowest BCUT2D eigenvalue weighted by Crippen LogP contribution is -2.19. The number of carbonyl (C=O) groups excluding carboxylic acids is 1. The van der Waals surface area contributed by atoms with Gasteiger partial charge in [0.1, 0.15) is 5.76 Å². The molecule has 2 aliphatic rings. The van der Waals surface area contributed by atoms with Crippen molar-refractivity contribution in [1.29, 1.82) is 0 Å². The van der Waals surface area contributed by atoms with E-state index in [1.165, 1.54) is 6.08 Å². The molecule has 12 heavy (non-hydrogen) atoms. The highest BCUT2D eigenvalue weighted by Gasteiger charge is 2.28. The Balaban J connectivity index is 0.000000720. The molecule has 2 rings (SSSR count). The van der Waals surface area contributed by atoms with Crippen LogP contribution >= 0.6 is 0 Å². The van der Waals surface area contributed by atoms with Gasteiger partial charge in [0.05, 0.1) is 12.2 Å². The Morgan fingerprint density at radius 1 is 1.58 bits per heavy atom. The van der Waals surface area contributed by atoms with Crippen molar-refractivity contribution in [3.05, 3.63) is 23.5 Å². The zero-order chi connectivity index (χ0) is 7.84. The third-order valence-electron chi connectivity index (χ3n) is 1.56. The van der Waals surface area contributed by atoms with E-state index in [2.05, 4.69) is 0 Å². The number of ether oxygens (including phenoxy) is 2. The summed E-state index contributed by atoms with van der Waals surface area (Å²) in [6, 6.07) is 0. The van der Waals surface area contributed by atoms with Gasteiger partial charge in [-0.1, -0.05) is 0 Å². The van der Waals surface area contributed by atoms with Gasteiger partial charge in [0.2, 0.25) is 0 Å². The SMILES string of the molecule is O=C1C=C2C(=CCOC2O)O1.[AlH3]. The summed E-state index contributed by atoms with van der Waals surface area (Å²) in [4.78, 5) is 10.6. The van der Waals surface area contributed by atoms with Crippen LogP contribution in [0.4, 0.5) is 0 Å². The van der Waals surface area contributed by atoms with E-state index < -0.39 is 12.3 Å². The molecule has 0 aliphatic carbocycles. The van der Waals surface area contributed by atoms with Crippen LogP contribution in [0.1, 0.15) is 0 Å². The molecule has 0 aromatic heterocycles. The number of rotatable bonds is 0. The average Bonchev–Trinajstić information content (AvgIpc) is 2.31. The van der Waals surface area contributed by atoms with Crippen LogP contribution in [0.3, 0.4) is 0 Å². The molecule has 4 nitrogen and oxygen atoms in total. The van der Waals surface area contributed by atoms with Gasteiger partial charge in [-0.25, -0.2) is 4.79 Å². The maximum absolute atomic E-state index is 10.6. The topological polar surface area (TPSA) is 55.8 Å². The zero-order valence-electron chi connectivity index (χ0n) is 5.61. The molecular weight excluding hydrogens is 175 g/mol. The Hall–Kier alpha value is -0.598. The first-order chi connectivity index (χ1) is 5.27. The van der Waals surface area contributed by atoms with Crippen molar-refractivity contribution in [2.45, 2.75) is 6.29 Å². The summed E-state index contributed by atoms with van der Waals surface area (Å²) in [5.74, 6) is -0.0236. The van der Waals surface area contributed by atoms with Gasteiger partial charge in [-0.2, -0.15) is 0 Å². The number of aliphatic hydroxyl groups excluding tert-OH is 1. The molecule has 2 heterocycles. The number of carbonyl (C=O) groups is 1. The van der Waals surface area contributed by atoms with Gasteiger partial charge in [0.15, 0.2) is 23.7 Å². The summed E-state index contributed by atoms with van der Waals surface area (Å²) in [6.45, 7) is 0.279. The van der Waals surface area contributed by atoms with E-state index in [0.717, 1.165) is 0 Å². The fourth-order valence-electron chi connectivity index (χ4n) is 1.05. The number of hydrogen-bond donors (Lipinski definition) is 1. The molecule has 0 saturated carbocycles. The quantitative estimate of drug-likeness (QED) is 0.368. The summed E-state index contributed by atoms with van der Waals surface area (Å²) in [5.41, 5.74) is 0.418. The van der Waals surface area contributed by atoms with Crippen LogP contribution in [-0.2, 0) is 14.3 Å². The van der Waals surface area contributed by atoms with Crippen LogP contribution in [0.5, 0.6) is 0 Å². The minimum absolute atomic E-state index is 0. The van der Waals surface area contributed by atoms with Crippen molar-refractivity contribution in [1.82, 2.24) is 0 Å². The van der Waals surface area contributed by atoms with Gasteiger partial charge in [0, 0.05) is 6.08 Å². The van der Waals surface area contributed by atoms with Crippen molar-refractivity contribution in [3.63, 3.8) is 0 Å². The second kappa shape index (κ2) is 3.42. The predicted octanol–water partition coefficient (Wildman–Crippen LogP) is -1.48. The largest absolute Gasteiger partial charge is 0.423 e. The third-order valence-corrected chi connectivity index (χ3v) is 1.56. The van der Waals surface area contributed by atoms with Crippen LogP contribution in [0.2, 0.25) is 0 Å². The molecular formula is C7H9AlO4. The van der Waals surface area contributed by atoms with E-state index in [1.54, 1.807) is 6.08 Å². The van der Waals surface area contributed by atoms with Gasteiger partial charge in [-0.15, -0.1) is 0 Å². The highest BCUT2D eigenvalue weighted by Crippen LogP contribution is 2.26. The summed E-state index contributed by atoms with van der Waals surface area (Å²) >= 11 is 0. The van der Waals surface area contributed by atoms with Crippen molar-refractivity contribution >= 4 is 23.3 Å². The first kappa shape index (κ1) is 9.49. The molecule has 1 atom stereocenters. The molecule has 1 N–H and O–H groups in total. The van der Waals surface area contributed by atoms with Gasteiger partial charge >= 0.3 is 5.97 Å². The summed E-state index contributed by atoms with van der Waals surface area (Å²) in [5, 5.41) is 9.13. The molecule has 0 amide bonds. The normalized spacial score (nSPS) is 26.4. The Bertz CT molecular complexity index is 269. The maximum atomic E-state index is 10.6. The Kier molecular flexibility index (Phi) is 2.70. The first-order valence-corrected chi connectivity index (χ1v) is 3.21. The van der Waals surface area contributed by atoms with E-state index in [0.29, 0.717) is 11.3 Å². The van der Waals surface area contributed by atoms with Gasteiger partial charge in [0.25, 0.3) is 0 Å². The van der Waals surface area contributed by atoms with E-state index >= 15 is 0 Å². The van der Waals surface area contributed by atoms with E-state index in [1.807, 2.05) is 0 Å². The molecule has 0 aromatic carbocycles. The van der Waals surface area contributed by atoms with Crippen molar-refractivity contribution < 1.29 is 19.4 Å². The lowest BCUT2D eigenvalue weighted by Gasteiger charge is -2.16. The van der Waals surface area contributed by atoms with Crippen LogP contribution < -0.4 is 0 Å². The Morgan fingerprint density at radius 3 is 3.00 bits per heavy atom. The van der Waals surface area contributed by atoms with Crippen LogP contribution in [0, 0.1) is 0 Å². The third kappa shape index (κ3) is 1.45. The number of hydrogen-bond acceptors (Lipinski definition) is 4. The molecule has 0 bridgehead atoms. The average molecular weight is 184 g/mol. The lowest BCUT2D eigenvalue weighted by molar-refractivity contribution is -0.132. The summed E-state index contributed by atoms with van der Waals surface area (Å²) in [6.07, 6.45) is 1.83. The van der Waals surface area contributed by atoms with Crippen LogP contribution in [0.25, 0.3) is 0 Å². The van der Waals surface area contributed by atoms with Crippen LogP contribution in [0.15, 0.2) is 23.5 Å². The predicted molar refractivity (Wildman–Crippen MR) is 44.2 cm³/mol. The fraction of sp³-hybridized carbons (Fsp3) is 0.286. The standard InChI is InChI=1S/C7H6O4.Al.3H/c8-6-3-4-5(11-6)1-2-10-7(4)9;;;;/h1,3,7,9H,2H2;;;;.